The molecule has 0 aromatic carbocycles. The van der Waals surface area contributed by atoms with Crippen LogP contribution in [0, 0.1) is 10.1 Å². The van der Waals surface area contributed by atoms with Gasteiger partial charge in [0, 0.05) is 0 Å². The number of nitrogens with two attached hydrogens (primary N) is 1. The molecule has 0 saturated carbocycles. The molecule has 0 saturated heterocycles. The van der Waals surface area contributed by atoms with Crippen molar-refractivity contribution in [2.24, 2.45) is 5.73 Å². The van der Waals surface area contributed by atoms with E-state index in [4.69, 9.17) is 21.1 Å². The van der Waals surface area contributed by atoms with Crippen LogP contribution >= 0.6 is 12.6 Å². The lowest BCUT2D eigenvalue weighted by molar-refractivity contribution is -0.742. The fourth-order valence-corrected chi connectivity index (χ4v) is 0.274. The van der Waals surface area contributed by atoms with E-state index in [9.17, 15) is 0 Å². The molecule has 0 aliphatic carbocycles. The maximum Gasteiger partial charge on any atom is 0.291 e. The Kier molecular flexibility index (Phi) is 13.2. The van der Waals surface area contributed by atoms with E-state index in [2.05, 4.69) is 12.6 Å². The van der Waals surface area contributed by atoms with Gasteiger partial charge in [-0.2, -0.15) is 12.6 Å². The van der Waals surface area contributed by atoms with Gasteiger partial charge in [-0.15, -0.1) is 10.1 Å². The van der Waals surface area contributed by atoms with E-state index in [-0.39, 0.29) is 0 Å². The minimum atomic E-state index is -1.50. The van der Waals surface area contributed by atoms with Crippen molar-refractivity contribution in [1.82, 2.24) is 0 Å². The summed E-state index contributed by atoms with van der Waals surface area (Å²) in [6.07, 6.45) is 1.03. The number of nitrogens with zero attached hydrogens (tertiary/aromatic N) is 1. The normalized spacial score (nSPS) is 7.33. The van der Waals surface area contributed by atoms with Gasteiger partial charge in [-0.25, -0.2) is 0 Å². The quantitative estimate of drug-likeness (QED) is 0.295. The number of hydrogen-bond donors (Lipinski definition) is 3. The van der Waals surface area contributed by atoms with Crippen molar-refractivity contribution in [1.29, 1.82) is 0 Å². The Morgan fingerprint density at radius 2 is 2.11 bits per heavy atom. The van der Waals surface area contributed by atoms with Crippen molar-refractivity contribution in [3.63, 3.8) is 0 Å². The molecule has 0 radical (unpaired) electrons. The highest BCUT2D eigenvalue weighted by Crippen LogP contribution is 1.74. The van der Waals surface area contributed by atoms with Gasteiger partial charge in [0.1, 0.15) is 0 Å². The summed E-state index contributed by atoms with van der Waals surface area (Å²) in [6.45, 7) is 0.767. The molecular weight excluding hydrogens is 144 g/mol. The number of rotatable bonds is 2. The van der Waals surface area contributed by atoms with Crippen molar-refractivity contribution in [2.45, 2.75) is 6.42 Å². The largest absolute Gasteiger partial charge is 0.330 e. The summed E-state index contributed by atoms with van der Waals surface area (Å²) in [5.41, 5.74) is 5.09. The Morgan fingerprint density at radius 3 is 2.11 bits per heavy atom. The van der Waals surface area contributed by atoms with Crippen LogP contribution in [0.25, 0.3) is 0 Å². The molecule has 0 aromatic heterocycles. The third-order valence-electron chi connectivity index (χ3n) is 0.362. The topological polar surface area (TPSA) is 89.4 Å². The molecule has 0 atom stereocenters. The molecule has 0 heterocycles. The van der Waals surface area contributed by atoms with E-state index in [1.165, 1.54) is 0 Å². The zero-order valence-electron chi connectivity index (χ0n) is 4.86. The van der Waals surface area contributed by atoms with Crippen LogP contribution in [0.1, 0.15) is 6.42 Å². The van der Waals surface area contributed by atoms with Crippen molar-refractivity contribution in [3.05, 3.63) is 10.1 Å². The van der Waals surface area contributed by atoms with Gasteiger partial charge >= 0.3 is 0 Å². The van der Waals surface area contributed by atoms with E-state index >= 15 is 0 Å². The van der Waals surface area contributed by atoms with Gasteiger partial charge in [0.25, 0.3) is 5.09 Å². The maximum absolute atomic E-state index is 8.36. The molecule has 0 fully saturated rings. The zero-order valence-corrected chi connectivity index (χ0v) is 5.75. The Balaban J connectivity index is 0. The van der Waals surface area contributed by atoms with Crippen LogP contribution in [0.15, 0.2) is 0 Å². The molecule has 3 N–H and O–H groups in total. The molecule has 5 nitrogen and oxygen atoms in total. The van der Waals surface area contributed by atoms with Gasteiger partial charge in [-0.1, -0.05) is 0 Å². The van der Waals surface area contributed by atoms with Gasteiger partial charge in [-0.05, 0) is 18.7 Å². The Morgan fingerprint density at radius 1 is 1.78 bits per heavy atom. The lowest BCUT2D eigenvalue weighted by atomic mass is 10.5. The average Bonchev–Trinajstić information content (AvgIpc) is 1.66. The SMILES string of the molecule is NCCCS.O=[N+]([O-])O. The van der Waals surface area contributed by atoms with Crippen LogP contribution in [0.2, 0.25) is 0 Å². The fraction of sp³-hybridized carbons (Fsp3) is 1.00. The predicted octanol–water partition coefficient (Wildman–Crippen LogP) is -0.0827. The monoisotopic (exact) mass is 154 g/mol. The maximum atomic E-state index is 8.36. The molecule has 0 amide bonds. The van der Waals surface area contributed by atoms with Crippen molar-refractivity contribution in [2.75, 3.05) is 12.3 Å². The third-order valence-corrected chi connectivity index (χ3v) is 0.678. The van der Waals surface area contributed by atoms with Crippen LogP contribution in [-0.2, 0) is 0 Å². The van der Waals surface area contributed by atoms with Crippen LogP contribution in [0.3, 0.4) is 0 Å². The van der Waals surface area contributed by atoms with Crippen LogP contribution < -0.4 is 5.73 Å². The van der Waals surface area contributed by atoms with Crippen molar-refractivity contribution < 1.29 is 10.3 Å². The average molecular weight is 154 g/mol. The molecule has 0 aliphatic rings. The molecule has 0 spiro atoms. The standard InChI is InChI=1S/C3H9NS.HNO3/c4-2-1-3-5;2-1(3)4/h5H,1-4H2;(H,2,3,4). The van der Waals surface area contributed by atoms with E-state index < -0.39 is 5.09 Å². The lowest BCUT2D eigenvalue weighted by Gasteiger charge is -1.79. The highest BCUT2D eigenvalue weighted by atomic mass is 32.1. The van der Waals surface area contributed by atoms with Gasteiger partial charge in [0.15, 0.2) is 0 Å². The molecule has 9 heavy (non-hydrogen) atoms. The molecule has 0 aromatic rings. The van der Waals surface area contributed by atoms with E-state index in [0.29, 0.717) is 0 Å². The van der Waals surface area contributed by atoms with Gasteiger partial charge in [0.05, 0.1) is 0 Å². The van der Waals surface area contributed by atoms with Crippen molar-refractivity contribution >= 4 is 12.6 Å². The molecule has 0 unspecified atom stereocenters. The van der Waals surface area contributed by atoms with Crippen LogP contribution in [-0.4, -0.2) is 22.6 Å². The predicted molar refractivity (Wildman–Crippen MR) is 36.3 cm³/mol. The van der Waals surface area contributed by atoms with Gasteiger partial charge in [0.2, 0.25) is 0 Å². The highest BCUT2D eigenvalue weighted by Gasteiger charge is 1.68. The van der Waals surface area contributed by atoms with E-state index in [0.717, 1.165) is 18.7 Å². The van der Waals surface area contributed by atoms with Gasteiger partial charge < -0.3 is 10.9 Å². The minimum absolute atomic E-state index is 0.767. The Hall–Kier alpha value is -0.490. The first-order valence-electron chi connectivity index (χ1n) is 2.29. The summed E-state index contributed by atoms with van der Waals surface area (Å²) in [4.78, 5) is 8.36. The Labute approximate surface area is 58.4 Å². The molecule has 0 rings (SSSR count). The molecule has 0 bridgehead atoms. The third kappa shape index (κ3) is 100.0. The Bertz CT molecular complexity index is 64.1. The molecule has 0 aliphatic heterocycles. The second kappa shape index (κ2) is 10.5. The first-order valence-corrected chi connectivity index (χ1v) is 2.92. The smallest absolute Gasteiger partial charge is 0.291 e. The first kappa shape index (κ1) is 11.3. The lowest BCUT2D eigenvalue weighted by Crippen LogP contribution is -1.97. The fourth-order valence-electron chi connectivity index (χ4n) is 0.0913. The summed E-state index contributed by atoms with van der Waals surface area (Å²) in [5, 5.41) is 13.6. The van der Waals surface area contributed by atoms with E-state index in [1.807, 2.05) is 0 Å². The summed E-state index contributed by atoms with van der Waals surface area (Å²) in [7, 11) is 0. The van der Waals surface area contributed by atoms with Crippen LogP contribution in [0.5, 0.6) is 0 Å². The second-order valence-corrected chi connectivity index (χ2v) is 1.55. The second-order valence-electron chi connectivity index (χ2n) is 1.10. The molecule has 56 valence electrons. The number of hydrogen-bond acceptors (Lipinski definition) is 4. The summed E-state index contributed by atoms with van der Waals surface area (Å²) < 4.78 is 0. The highest BCUT2D eigenvalue weighted by molar-refractivity contribution is 7.80. The first-order chi connectivity index (χ1) is 4.15. The summed E-state index contributed by atoms with van der Waals surface area (Å²) in [5.74, 6) is 0.913. The van der Waals surface area contributed by atoms with Crippen LogP contribution in [0.4, 0.5) is 0 Å². The minimum Gasteiger partial charge on any atom is -0.330 e. The van der Waals surface area contributed by atoms with E-state index in [1.54, 1.807) is 0 Å². The summed E-state index contributed by atoms with van der Waals surface area (Å²) >= 11 is 3.92. The summed E-state index contributed by atoms with van der Waals surface area (Å²) in [6, 6.07) is 0. The number of thiol groups is 1. The zero-order chi connectivity index (χ0) is 7.70. The van der Waals surface area contributed by atoms with Gasteiger partial charge in [-0.3, -0.25) is 0 Å². The molecule has 6 heteroatoms. The molecular formula is C3H10N2O3S. The van der Waals surface area contributed by atoms with Crippen molar-refractivity contribution in [3.8, 4) is 0 Å².